The van der Waals surface area contributed by atoms with Gasteiger partial charge < -0.3 is 9.84 Å². The third kappa shape index (κ3) is 2.36. The Morgan fingerprint density at radius 2 is 2.06 bits per heavy atom. The fourth-order valence-electron chi connectivity index (χ4n) is 1.52. The number of para-hydroxylation sites is 1. The van der Waals surface area contributed by atoms with Crippen molar-refractivity contribution in [2.45, 2.75) is 20.0 Å². The topological polar surface area (TPSA) is 59.4 Å². The molecule has 2 rings (SSSR count). The number of carbonyl (C=O) groups is 1. The van der Waals surface area contributed by atoms with E-state index in [9.17, 15) is 9.90 Å². The van der Waals surface area contributed by atoms with Crippen LogP contribution in [0.2, 0.25) is 0 Å². The van der Waals surface area contributed by atoms with Crippen molar-refractivity contribution in [1.82, 2.24) is 4.98 Å². The molecule has 0 aliphatic carbocycles. The first-order chi connectivity index (χ1) is 8.08. The highest BCUT2D eigenvalue weighted by Crippen LogP contribution is 2.22. The fourth-order valence-corrected chi connectivity index (χ4v) is 1.52. The van der Waals surface area contributed by atoms with Crippen molar-refractivity contribution >= 4 is 16.9 Å². The molecule has 4 nitrogen and oxygen atoms in total. The normalized spacial score (nSPS) is 10.8. The molecule has 1 N–H and O–H groups in total. The Morgan fingerprint density at radius 3 is 2.76 bits per heavy atom. The van der Waals surface area contributed by atoms with E-state index >= 15 is 0 Å². The van der Waals surface area contributed by atoms with Crippen molar-refractivity contribution in [3.8, 4) is 5.75 Å². The zero-order valence-corrected chi connectivity index (χ0v) is 9.68. The van der Waals surface area contributed by atoms with Gasteiger partial charge in [-0.15, -0.1) is 0 Å². The van der Waals surface area contributed by atoms with Crippen molar-refractivity contribution in [3.05, 3.63) is 36.0 Å². The minimum atomic E-state index is -0.608. The number of hydrogen-bond acceptors (Lipinski definition) is 4. The summed E-state index contributed by atoms with van der Waals surface area (Å²) in [5, 5.41) is 10.5. The molecule has 1 heterocycles. The van der Waals surface area contributed by atoms with Crippen LogP contribution in [-0.2, 0) is 4.74 Å². The van der Waals surface area contributed by atoms with Crippen LogP contribution in [0.25, 0.3) is 10.9 Å². The zero-order chi connectivity index (χ0) is 12.4. The van der Waals surface area contributed by atoms with E-state index in [1.807, 2.05) is 18.2 Å². The van der Waals surface area contributed by atoms with Gasteiger partial charge in [-0.05, 0) is 26.0 Å². The van der Waals surface area contributed by atoms with Gasteiger partial charge in [-0.1, -0.05) is 18.2 Å². The predicted molar refractivity (Wildman–Crippen MR) is 64.0 cm³/mol. The van der Waals surface area contributed by atoms with Crippen molar-refractivity contribution in [2.24, 2.45) is 0 Å². The van der Waals surface area contributed by atoms with Gasteiger partial charge in [0.25, 0.3) is 0 Å². The average Bonchev–Trinajstić information content (AvgIpc) is 2.27. The van der Waals surface area contributed by atoms with Gasteiger partial charge in [0.2, 0.25) is 0 Å². The summed E-state index contributed by atoms with van der Waals surface area (Å²) in [4.78, 5) is 15.8. The van der Waals surface area contributed by atoms with Crippen molar-refractivity contribution in [3.63, 3.8) is 0 Å². The van der Waals surface area contributed by atoms with Gasteiger partial charge in [0.1, 0.15) is 5.75 Å². The molecule has 0 bridgehead atoms. The molecule has 0 saturated heterocycles. The number of nitrogens with zero attached hydrogens (tertiary/aromatic N) is 1. The summed E-state index contributed by atoms with van der Waals surface area (Å²) in [5.41, 5.74) is 0.610. The van der Waals surface area contributed by atoms with Crippen LogP contribution in [0.4, 0.5) is 0 Å². The molecule has 1 aromatic carbocycles. The Kier molecular flexibility index (Phi) is 2.95. The highest BCUT2D eigenvalue weighted by Gasteiger charge is 2.16. The summed E-state index contributed by atoms with van der Waals surface area (Å²) in [6, 6.07) is 8.78. The van der Waals surface area contributed by atoms with Crippen LogP contribution in [-0.4, -0.2) is 22.2 Å². The van der Waals surface area contributed by atoms with Gasteiger partial charge in [0.05, 0.1) is 11.6 Å². The largest absolute Gasteiger partial charge is 0.505 e. The molecule has 0 amide bonds. The summed E-state index contributed by atoms with van der Waals surface area (Å²) >= 11 is 0. The molecular formula is C13H13NO3. The van der Waals surface area contributed by atoms with E-state index in [-0.39, 0.29) is 17.5 Å². The SMILES string of the molecule is CC(C)OC(=O)c1nc2ccccc2cc1O. The lowest BCUT2D eigenvalue weighted by Crippen LogP contribution is -2.13. The molecular weight excluding hydrogens is 218 g/mol. The van der Waals surface area contributed by atoms with Gasteiger partial charge in [0.15, 0.2) is 5.69 Å². The van der Waals surface area contributed by atoms with E-state index in [0.29, 0.717) is 5.52 Å². The van der Waals surface area contributed by atoms with E-state index in [1.54, 1.807) is 19.9 Å². The van der Waals surface area contributed by atoms with E-state index in [2.05, 4.69) is 4.98 Å². The number of rotatable bonds is 2. The second-order valence-corrected chi connectivity index (χ2v) is 4.00. The number of aromatic nitrogens is 1. The molecule has 0 aliphatic rings. The first-order valence-corrected chi connectivity index (χ1v) is 5.37. The Hall–Kier alpha value is -2.10. The van der Waals surface area contributed by atoms with Crippen LogP contribution < -0.4 is 0 Å². The molecule has 0 fully saturated rings. The van der Waals surface area contributed by atoms with Crippen molar-refractivity contribution in [1.29, 1.82) is 0 Å². The van der Waals surface area contributed by atoms with Gasteiger partial charge in [-0.25, -0.2) is 9.78 Å². The third-order valence-corrected chi connectivity index (χ3v) is 2.24. The molecule has 88 valence electrons. The maximum atomic E-state index is 11.7. The number of carbonyl (C=O) groups excluding carboxylic acids is 1. The van der Waals surface area contributed by atoms with Crippen LogP contribution >= 0.6 is 0 Å². The van der Waals surface area contributed by atoms with Gasteiger partial charge in [-0.3, -0.25) is 0 Å². The molecule has 0 radical (unpaired) electrons. The summed E-state index contributed by atoms with van der Waals surface area (Å²) < 4.78 is 5.00. The summed E-state index contributed by atoms with van der Waals surface area (Å²) in [5.74, 6) is -0.766. The lowest BCUT2D eigenvalue weighted by atomic mass is 10.2. The molecule has 2 aromatic rings. The summed E-state index contributed by atoms with van der Waals surface area (Å²) in [6.45, 7) is 3.49. The standard InChI is InChI=1S/C13H13NO3/c1-8(2)17-13(16)12-11(15)7-9-5-3-4-6-10(9)14-12/h3-8,15H,1-2H3. The van der Waals surface area contributed by atoms with Gasteiger partial charge >= 0.3 is 5.97 Å². The van der Waals surface area contributed by atoms with Crippen LogP contribution in [0.15, 0.2) is 30.3 Å². The molecule has 17 heavy (non-hydrogen) atoms. The minimum absolute atomic E-state index is 0.0441. The van der Waals surface area contributed by atoms with E-state index in [0.717, 1.165) is 5.39 Å². The Balaban J connectivity index is 2.47. The number of ether oxygens (including phenoxy) is 1. The average molecular weight is 231 g/mol. The number of esters is 1. The van der Waals surface area contributed by atoms with Crippen molar-refractivity contribution in [2.75, 3.05) is 0 Å². The van der Waals surface area contributed by atoms with Crippen LogP contribution in [0.3, 0.4) is 0 Å². The molecule has 0 atom stereocenters. The Bertz CT molecular complexity index is 564. The molecule has 4 heteroatoms. The fraction of sp³-hybridized carbons (Fsp3) is 0.231. The summed E-state index contributed by atoms with van der Waals surface area (Å²) in [6.07, 6.45) is -0.241. The molecule has 0 spiro atoms. The first-order valence-electron chi connectivity index (χ1n) is 5.37. The predicted octanol–water partition coefficient (Wildman–Crippen LogP) is 2.51. The van der Waals surface area contributed by atoms with Crippen LogP contribution in [0, 0.1) is 0 Å². The molecule has 0 saturated carbocycles. The number of fused-ring (bicyclic) bond motifs is 1. The smallest absolute Gasteiger partial charge is 0.361 e. The molecule has 1 aromatic heterocycles. The molecule has 0 unspecified atom stereocenters. The highest BCUT2D eigenvalue weighted by atomic mass is 16.5. The lowest BCUT2D eigenvalue weighted by Gasteiger charge is -2.09. The first kappa shape index (κ1) is 11.4. The molecule has 0 aliphatic heterocycles. The quantitative estimate of drug-likeness (QED) is 0.807. The number of benzene rings is 1. The van der Waals surface area contributed by atoms with Crippen LogP contribution in [0.1, 0.15) is 24.3 Å². The summed E-state index contributed by atoms with van der Waals surface area (Å²) in [7, 11) is 0. The minimum Gasteiger partial charge on any atom is -0.505 e. The Labute approximate surface area is 98.9 Å². The second kappa shape index (κ2) is 4.41. The number of pyridine rings is 1. The van der Waals surface area contributed by atoms with Gasteiger partial charge in [0, 0.05) is 5.39 Å². The monoisotopic (exact) mass is 231 g/mol. The lowest BCUT2D eigenvalue weighted by molar-refractivity contribution is 0.0368. The highest BCUT2D eigenvalue weighted by molar-refractivity contribution is 5.94. The maximum absolute atomic E-state index is 11.7. The second-order valence-electron chi connectivity index (χ2n) is 4.00. The maximum Gasteiger partial charge on any atom is 0.361 e. The Morgan fingerprint density at radius 1 is 1.35 bits per heavy atom. The van der Waals surface area contributed by atoms with Crippen LogP contribution in [0.5, 0.6) is 5.75 Å². The zero-order valence-electron chi connectivity index (χ0n) is 9.68. The number of hydrogen-bond donors (Lipinski definition) is 1. The van der Waals surface area contributed by atoms with E-state index < -0.39 is 5.97 Å². The third-order valence-electron chi connectivity index (χ3n) is 2.24. The van der Waals surface area contributed by atoms with E-state index in [4.69, 9.17) is 4.74 Å². The van der Waals surface area contributed by atoms with Crippen molar-refractivity contribution < 1.29 is 14.6 Å². The van der Waals surface area contributed by atoms with E-state index in [1.165, 1.54) is 6.07 Å². The van der Waals surface area contributed by atoms with Gasteiger partial charge in [-0.2, -0.15) is 0 Å². The number of aromatic hydroxyl groups is 1.